The van der Waals surface area contributed by atoms with Crippen LogP contribution in [0.15, 0.2) is 53.4 Å². The van der Waals surface area contributed by atoms with Crippen molar-refractivity contribution in [2.45, 2.75) is 61.6 Å². The molecule has 6 rings (SSSR count). The van der Waals surface area contributed by atoms with Gasteiger partial charge >= 0.3 is 12.2 Å². The first-order valence-corrected chi connectivity index (χ1v) is 16.6. The monoisotopic (exact) mass is 664 g/mol. The van der Waals surface area contributed by atoms with E-state index in [1.807, 2.05) is 12.1 Å². The van der Waals surface area contributed by atoms with Crippen molar-refractivity contribution in [1.29, 1.82) is 0 Å². The standard InChI is InChI=1S/C30H32ClF3N6O4S/c31-22-7-5-21(6-8-22)29(13-14-29)38-26-35-24(36-27(37-26)44-19-30(32,33)34)17-20-3-9-23(10-4-20)45(42,43)39-25(41)28(11-12-28)18-40-15-1-2-16-40/h3-10H,1-2,11-19H2,(H,39,41)(H,35,36,37,38). The molecule has 15 heteroatoms. The summed E-state index contributed by atoms with van der Waals surface area (Å²) in [6.07, 6.45) is 0.433. The maximum Gasteiger partial charge on any atom is 0.422 e. The predicted octanol–water partition coefficient (Wildman–Crippen LogP) is 4.84. The normalized spacial score (nSPS) is 18.8. The summed E-state index contributed by atoms with van der Waals surface area (Å²) in [6.45, 7) is 0.823. The fourth-order valence-electron chi connectivity index (χ4n) is 5.57. The molecule has 2 saturated carbocycles. The Hall–Kier alpha value is -3.49. The number of likely N-dealkylation sites (tertiary alicyclic amines) is 1. The highest BCUT2D eigenvalue weighted by atomic mass is 35.5. The lowest BCUT2D eigenvalue weighted by molar-refractivity contribution is -0.154. The van der Waals surface area contributed by atoms with Crippen LogP contribution in [0.25, 0.3) is 0 Å². The number of sulfonamides is 1. The van der Waals surface area contributed by atoms with E-state index in [1.165, 1.54) is 12.1 Å². The number of benzene rings is 2. The van der Waals surface area contributed by atoms with Gasteiger partial charge in [0, 0.05) is 18.0 Å². The Morgan fingerprint density at radius 2 is 1.62 bits per heavy atom. The number of carbonyl (C=O) groups excluding carboxylic acids is 1. The second-order valence-electron chi connectivity index (χ2n) is 12.0. The third-order valence-electron chi connectivity index (χ3n) is 8.41. The van der Waals surface area contributed by atoms with Crippen LogP contribution in [0.5, 0.6) is 6.01 Å². The molecule has 0 atom stereocenters. The fraction of sp³-hybridized carbons (Fsp3) is 0.467. The fourth-order valence-corrected chi connectivity index (χ4v) is 6.77. The van der Waals surface area contributed by atoms with E-state index in [4.69, 9.17) is 16.3 Å². The highest BCUT2D eigenvalue weighted by Crippen LogP contribution is 2.48. The van der Waals surface area contributed by atoms with Crippen LogP contribution in [0.4, 0.5) is 19.1 Å². The molecule has 2 aliphatic carbocycles. The molecule has 1 amide bonds. The zero-order chi connectivity index (χ0) is 31.9. The number of hydrogen-bond donors (Lipinski definition) is 2. The molecule has 0 bridgehead atoms. The molecule has 3 aromatic rings. The molecule has 2 aromatic carbocycles. The largest absolute Gasteiger partial charge is 0.454 e. The molecule has 0 spiro atoms. The SMILES string of the molecule is O=C(NS(=O)(=O)c1ccc(Cc2nc(NC3(c4ccc(Cl)cc4)CC3)nc(OCC(F)(F)F)n2)cc1)C1(CN2CCCC2)CC1. The summed E-state index contributed by atoms with van der Waals surface area (Å²) in [7, 11) is -4.11. The molecule has 1 aromatic heterocycles. The summed E-state index contributed by atoms with van der Waals surface area (Å²) in [4.78, 5) is 27.7. The lowest BCUT2D eigenvalue weighted by Gasteiger charge is -2.22. The number of hydrogen-bond acceptors (Lipinski definition) is 9. The minimum Gasteiger partial charge on any atom is -0.454 e. The number of alkyl halides is 3. The van der Waals surface area contributed by atoms with Gasteiger partial charge in [-0.25, -0.2) is 13.1 Å². The molecule has 3 aliphatic rings. The second kappa shape index (κ2) is 12.0. The first-order chi connectivity index (χ1) is 21.3. The van der Waals surface area contributed by atoms with Crippen LogP contribution in [0.3, 0.4) is 0 Å². The van der Waals surface area contributed by atoms with Gasteiger partial charge in [0.15, 0.2) is 6.61 Å². The second-order valence-corrected chi connectivity index (χ2v) is 14.1. The Morgan fingerprint density at radius 3 is 2.22 bits per heavy atom. The van der Waals surface area contributed by atoms with Crippen LogP contribution in [0, 0.1) is 5.41 Å². The van der Waals surface area contributed by atoms with Gasteiger partial charge in [0.25, 0.3) is 10.0 Å². The van der Waals surface area contributed by atoms with Gasteiger partial charge in [-0.1, -0.05) is 35.9 Å². The van der Waals surface area contributed by atoms with Gasteiger partial charge in [-0.15, -0.1) is 0 Å². The molecule has 240 valence electrons. The van der Waals surface area contributed by atoms with E-state index in [0.29, 0.717) is 30.0 Å². The van der Waals surface area contributed by atoms with Gasteiger partial charge in [0.1, 0.15) is 5.82 Å². The first kappa shape index (κ1) is 31.5. The summed E-state index contributed by atoms with van der Waals surface area (Å²) in [5.41, 5.74) is 0.351. The molecule has 45 heavy (non-hydrogen) atoms. The van der Waals surface area contributed by atoms with E-state index in [2.05, 4.69) is 29.9 Å². The van der Waals surface area contributed by atoms with E-state index < -0.39 is 45.7 Å². The average Bonchev–Trinajstić information content (AvgIpc) is 3.89. The van der Waals surface area contributed by atoms with E-state index in [1.54, 1.807) is 24.3 Å². The van der Waals surface area contributed by atoms with Crippen LogP contribution in [-0.4, -0.2) is 66.6 Å². The zero-order valence-corrected chi connectivity index (χ0v) is 25.8. The highest BCUT2D eigenvalue weighted by Gasteiger charge is 2.52. The van der Waals surface area contributed by atoms with E-state index in [0.717, 1.165) is 44.3 Å². The molecule has 1 aliphatic heterocycles. The quantitative estimate of drug-likeness (QED) is 0.280. The van der Waals surface area contributed by atoms with Crippen molar-refractivity contribution >= 4 is 33.5 Å². The van der Waals surface area contributed by atoms with Crippen molar-refractivity contribution in [3.05, 3.63) is 70.5 Å². The van der Waals surface area contributed by atoms with Crippen molar-refractivity contribution in [2.24, 2.45) is 5.41 Å². The van der Waals surface area contributed by atoms with Crippen LogP contribution in [-0.2, 0) is 26.8 Å². The number of aromatic nitrogens is 3. The molecule has 3 fully saturated rings. The topological polar surface area (TPSA) is 126 Å². The summed E-state index contributed by atoms with van der Waals surface area (Å²) >= 11 is 6.02. The third-order valence-corrected chi connectivity index (χ3v) is 10.0. The third kappa shape index (κ3) is 7.67. The van der Waals surface area contributed by atoms with Crippen molar-refractivity contribution < 1.29 is 31.1 Å². The minimum atomic E-state index is -4.59. The number of amides is 1. The predicted molar refractivity (Wildman–Crippen MR) is 159 cm³/mol. The Labute approximate surface area is 263 Å². The Morgan fingerprint density at radius 1 is 0.956 bits per heavy atom. The number of anilines is 1. The number of ether oxygens (including phenoxy) is 1. The van der Waals surface area contributed by atoms with Gasteiger partial charge in [-0.2, -0.15) is 28.1 Å². The zero-order valence-electron chi connectivity index (χ0n) is 24.2. The van der Waals surface area contributed by atoms with Crippen LogP contribution >= 0.6 is 11.6 Å². The van der Waals surface area contributed by atoms with Crippen LogP contribution in [0.2, 0.25) is 5.02 Å². The van der Waals surface area contributed by atoms with Gasteiger partial charge in [-0.05, 0) is 87.0 Å². The number of rotatable bonds is 12. The van der Waals surface area contributed by atoms with Gasteiger partial charge < -0.3 is 15.0 Å². The maximum atomic E-state index is 13.0. The van der Waals surface area contributed by atoms with Gasteiger partial charge in [0.2, 0.25) is 11.9 Å². The summed E-state index contributed by atoms with van der Waals surface area (Å²) < 4.78 is 71.9. The number of halogens is 4. The number of nitrogens with one attached hydrogen (secondary N) is 2. The van der Waals surface area contributed by atoms with E-state index in [-0.39, 0.29) is 23.1 Å². The van der Waals surface area contributed by atoms with Crippen molar-refractivity contribution in [1.82, 2.24) is 24.6 Å². The number of carbonyl (C=O) groups is 1. The molecule has 0 radical (unpaired) electrons. The molecule has 0 unspecified atom stereocenters. The van der Waals surface area contributed by atoms with E-state index >= 15 is 0 Å². The highest BCUT2D eigenvalue weighted by molar-refractivity contribution is 7.90. The molecule has 2 heterocycles. The van der Waals surface area contributed by atoms with Crippen molar-refractivity contribution in [3.8, 4) is 6.01 Å². The lowest BCUT2D eigenvalue weighted by Crippen LogP contribution is -2.42. The van der Waals surface area contributed by atoms with Crippen molar-refractivity contribution in [3.63, 3.8) is 0 Å². The van der Waals surface area contributed by atoms with E-state index in [9.17, 15) is 26.4 Å². The van der Waals surface area contributed by atoms with Crippen molar-refractivity contribution in [2.75, 3.05) is 31.6 Å². The maximum absolute atomic E-state index is 13.0. The summed E-state index contributed by atoms with van der Waals surface area (Å²) in [5, 5.41) is 3.80. The summed E-state index contributed by atoms with van der Waals surface area (Å²) in [5.74, 6) is -0.310. The lowest BCUT2D eigenvalue weighted by atomic mass is 10.1. The molecule has 10 nitrogen and oxygen atoms in total. The molecular weight excluding hydrogens is 633 g/mol. The molecule has 1 saturated heterocycles. The molecular formula is C30H32ClF3N6O4S. The average molecular weight is 665 g/mol. The number of nitrogens with zero attached hydrogens (tertiary/aromatic N) is 4. The van der Waals surface area contributed by atoms with Crippen LogP contribution in [0.1, 0.15) is 55.5 Å². The van der Waals surface area contributed by atoms with Gasteiger partial charge in [-0.3, -0.25) is 4.79 Å². The van der Waals surface area contributed by atoms with Crippen LogP contribution < -0.4 is 14.8 Å². The smallest absolute Gasteiger partial charge is 0.422 e. The Kier molecular flexibility index (Phi) is 8.42. The van der Waals surface area contributed by atoms with Gasteiger partial charge in [0.05, 0.1) is 15.8 Å². The Bertz CT molecular complexity index is 1660. The Balaban J connectivity index is 1.16. The molecule has 2 N–H and O–H groups in total. The first-order valence-electron chi connectivity index (χ1n) is 14.7. The minimum absolute atomic E-state index is 0.0504. The summed E-state index contributed by atoms with van der Waals surface area (Å²) in [6, 6.07) is 12.6.